The van der Waals surface area contributed by atoms with Crippen molar-refractivity contribution in [1.29, 1.82) is 0 Å². The number of carboxylic acids is 1. The first-order chi connectivity index (χ1) is 8.97. The maximum absolute atomic E-state index is 11.9. The molecule has 0 saturated heterocycles. The second kappa shape index (κ2) is 6.75. The van der Waals surface area contributed by atoms with E-state index in [1.54, 1.807) is 6.92 Å². The molecule has 3 N–H and O–H groups in total. The Balaban J connectivity index is 2.95. The normalized spacial score (nSPS) is 11.7. The van der Waals surface area contributed by atoms with Crippen molar-refractivity contribution in [3.05, 3.63) is 29.3 Å². The van der Waals surface area contributed by atoms with Crippen LogP contribution in [0.1, 0.15) is 34.1 Å². The standard InChI is InChI=1S/C13H17NO5/c1-8(3-4-15)14-12(16)9-5-10(13(17)18)7-11(6-9)19-2/h5-8,15H,3-4H2,1-2H3,(H,14,16)(H,17,18). The van der Waals surface area contributed by atoms with Crippen LogP contribution in [0, 0.1) is 0 Å². The van der Waals surface area contributed by atoms with Gasteiger partial charge in [0.15, 0.2) is 0 Å². The molecule has 6 heteroatoms. The summed E-state index contributed by atoms with van der Waals surface area (Å²) in [5.74, 6) is -1.22. The van der Waals surface area contributed by atoms with E-state index in [1.165, 1.54) is 25.3 Å². The van der Waals surface area contributed by atoms with Crippen LogP contribution >= 0.6 is 0 Å². The van der Waals surface area contributed by atoms with Gasteiger partial charge in [-0.15, -0.1) is 0 Å². The minimum atomic E-state index is -1.13. The van der Waals surface area contributed by atoms with E-state index in [1.807, 2.05) is 0 Å². The second-order valence-electron chi connectivity index (χ2n) is 4.14. The Morgan fingerprint density at radius 2 is 1.95 bits per heavy atom. The van der Waals surface area contributed by atoms with Gasteiger partial charge in [0.25, 0.3) is 5.91 Å². The van der Waals surface area contributed by atoms with Gasteiger partial charge in [-0.1, -0.05) is 0 Å². The smallest absolute Gasteiger partial charge is 0.335 e. The predicted molar refractivity (Wildman–Crippen MR) is 68.6 cm³/mol. The Morgan fingerprint density at radius 1 is 1.32 bits per heavy atom. The SMILES string of the molecule is COc1cc(C(=O)O)cc(C(=O)NC(C)CCO)c1. The van der Waals surface area contributed by atoms with Gasteiger partial charge >= 0.3 is 5.97 Å². The lowest BCUT2D eigenvalue weighted by molar-refractivity contribution is 0.0696. The number of aliphatic hydroxyl groups is 1. The molecule has 1 aromatic carbocycles. The second-order valence-corrected chi connectivity index (χ2v) is 4.14. The van der Waals surface area contributed by atoms with Crippen molar-refractivity contribution in [1.82, 2.24) is 5.32 Å². The van der Waals surface area contributed by atoms with Crippen molar-refractivity contribution >= 4 is 11.9 Å². The summed E-state index contributed by atoms with van der Waals surface area (Å²) < 4.78 is 4.96. The molecule has 1 rings (SSSR count). The highest BCUT2D eigenvalue weighted by Gasteiger charge is 2.14. The molecule has 0 bridgehead atoms. The number of ether oxygens (including phenoxy) is 1. The van der Waals surface area contributed by atoms with E-state index in [2.05, 4.69) is 5.32 Å². The van der Waals surface area contributed by atoms with E-state index >= 15 is 0 Å². The van der Waals surface area contributed by atoms with E-state index in [-0.39, 0.29) is 23.8 Å². The summed E-state index contributed by atoms with van der Waals surface area (Å²) >= 11 is 0. The van der Waals surface area contributed by atoms with E-state index < -0.39 is 11.9 Å². The summed E-state index contributed by atoms with van der Waals surface area (Å²) in [5.41, 5.74) is 0.195. The highest BCUT2D eigenvalue weighted by Crippen LogP contribution is 2.17. The fourth-order valence-corrected chi connectivity index (χ4v) is 1.54. The minimum Gasteiger partial charge on any atom is -0.497 e. The number of methoxy groups -OCH3 is 1. The van der Waals surface area contributed by atoms with Gasteiger partial charge in [-0.3, -0.25) is 4.79 Å². The van der Waals surface area contributed by atoms with Crippen LogP contribution in [0.4, 0.5) is 0 Å². The zero-order valence-electron chi connectivity index (χ0n) is 10.8. The molecule has 0 aliphatic carbocycles. The number of hydrogen-bond acceptors (Lipinski definition) is 4. The number of hydrogen-bond donors (Lipinski definition) is 3. The third kappa shape index (κ3) is 4.26. The van der Waals surface area contributed by atoms with Gasteiger partial charge < -0.3 is 20.3 Å². The molecule has 0 radical (unpaired) electrons. The largest absolute Gasteiger partial charge is 0.497 e. The molecule has 104 valence electrons. The maximum Gasteiger partial charge on any atom is 0.335 e. The van der Waals surface area contributed by atoms with Crippen LogP contribution < -0.4 is 10.1 Å². The first kappa shape index (κ1) is 15.0. The Kier molecular flexibility index (Phi) is 5.32. The van der Waals surface area contributed by atoms with E-state index in [0.29, 0.717) is 12.2 Å². The first-order valence-corrected chi connectivity index (χ1v) is 5.82. The molecule has 1 unspecified atom stereocenters. The Morgan fingerprint density at radius 3 is 2.47 bits per heavy atom. The lowest BCUT2D eigenvalue weighted by Gasteiger charge is -2.13. The Bertz CT molecular complexity index is 472. The summed E-state index contributed by atoms with van der Waals surface area (Å²) in [7, 11) is 1.40. The first-order valence-electron chi connectivity index (χ1n) is 5.82. The third-order valence-corrected chi connectivity index (χ3v) is 2.59. The number of amides is 1. The monoisotopic (exact) mass is 267 g/mol. The summed E-state index contributed by atoms with van der Waals surface area (Å²) in [6.45, 7) is 1.73. The molecule has 0 aromatic heterocycles. The molecule has 6 nitrogen and oxygen atoms in total. The van der Waals surface area contributed by atoms with Crippen LogP contribution in [0.25, 0.3) is 0 Å². The average Bonchev–Trinajstić information content (AvgIpc) is 2.38. The van der Waals surface area contributed by atoms with Crippen molar-refractivity contribution in [2.45, 2.75) is 19.4 Å². The van der Waals surface area contributed by atoms with Crippen LogP contribution in [0.3, 0.4) is 0 Å². The minimum absolute atomic E-state index is 0.0145. The van der Waals surface area contributed by atoms with Gasteiger partial charge in [-0.2, -0.15) is 0 Å². The van der Waals surface area contributed by atoms with Crippen molar-refractivity contribution in [3.63, 3.8) is 0 Å². The number of carboxylic acid groups (broad SMARTS) is 1. The summed E-state index contributed by atoms with van der Waals surface area (Å²) in [6, 6.07) is 3.90. The number of benzene rings is 1. The molecule has 1 amide bonds. The molecule has 0 heterocycles. The number of nitrogens with one attached hydrogen (secondary N) is 1. The molecular formula is C13H17NO5. The van der Waals surface area contributed by atoms with Crippen LogP contribution in [0.15, 0.2) is 18.2 Å². The number of aliphatic hydroxyl groups excluding tert-OH is 1. The van der Waals surface area contributed by atoms with Gasteiger partial charge in [0, 0.05) is 18.2 Å². The van der Waals surface area contributed by atoms with Crippen molar-refractivity contribution in [3.8, 4) is 5.75 Å². The van der Waals surface area contributed by atoms with Gasteiger partial charge in [0.05, 0.1) is 12.7 Å². The van der Waals surface area contributed by atoms with E-state index in [0.717, 1.165) is 0 Å². The van der Waals surface area contributed by atoms with Gasteiger partial charge in [-0.05, 0) is 31.5 Å². The lowest BCUT2D eigenvalue weighted by Crippen LogP contribution is -2.33. The van der Waals surface area contributed by atoms with Gasteiger partial charge in [-0.25, -0.2) is 4.79 Å². The zero-order valence-corrected chi connectivity index (χ0v) is 10.8. The predicted octanol–water partition coefficient (Wildman–Crippen LogP) is 0.894. The zero-order chi connectivity index (χ0) is 14.4. The molecular weight excluding hydrogens is 250 g/mol. The molecule has 0 spiro atoms. The fraction of sp³-hybridized carbons (Fsp3) is 0.385. The fourth-order valence-electron chi connectivity index (χ4n) is 1.54. The maximum atomic E-state index is 11.9. The molecule has 1 aromatic rings. The molecule has 0 saturated carbocycles. The Labute approximate surface area is 111 Å². The molecule has 0 aliphatic rings. The van der Waals surface area contributed by atoms with E-state index in [4.69, 9.17) is 14.9 Å². The molecule has 0 aliphatic heterocycles. The average molecular weight is 267 g/mol. The van der Waals surface area contributed by atoms with Crippen LogP contribution in [-0.4, -0.2) is 41.8 Å². The number of carbonyl (C=O) groups is 2. The Hall–Kier alpha value is -2.08. The van der Waals surface area contributed by atoms with Crippen molar-refractivity contribution in [2.75, 3.05) is 13.7 Å². The van der Waals surface area contributed by atoms with Crippen LogP contribution in [0.2, 0.25) is 0 Å². The lowest BCUT2D eigenvalue weighted by atomic mass is 10.1. The highest BCUT2D eigenvalue weighted by atomic mass is 16.5. The van der Waals surface area contributed by atoms with E-state index in [9.17, 15) is 9.59 Å². The van der Waals surface area contributed by atoms with Crippen LogP contribution in [-0.2, 0) is 0 Å². The van der Waals surface area contributed by atoms with Gasteiger partial charge in [0.1, 0.15) is 5.75 Å². The summed E-state index contributed by atoms with van der Waals surface area (Å²) in [6.07, 6.45) is 0.432. The number of rotatable bonds is 6. The van der Waals surface area contributed by atoms with Crippen LogP contribution in [0.5, 0.6) is 5.75 Å². The molecule has 19 heavy (non-hydrogen) atoms. The van der Waals surface area contributed by atoms with Crippen molar-refractivity contribution in [2.24, 2.45) is 0 Å². The topological polar surface area (TPSA) is 95.9 Å². The highest BCUT2D eigenvalue weighted by molar-refractivity contribution is 5.98. The van der Waals surface area contributed by atoms with Gasteiger partial charge in [0.2, 0.25) is 0 Å². The molecule has 1 atom stereocenters. The molecule has 0 fully saturated rings. The summed E-state index contributed by atoms with van der Waals surface area (Å²) in [4.78, 5) is 22.9. The number of carbonyl (C=O) groups excluding carboxylic acids is 1. The third-order valence-electron chi connectivity index (χ3n) is 2.59. The summed E-state index contributed by atoms with van der Waals surface area (Å²) in [5, 5.41) is 20.4. The number of aromatic carboxylic acids is 1. The quantitative estimate of drug-likeness (QED) is 0.711. The van der Waals surface area contributed by atoms with Crippen molar-refractivity contribution < 1.29 is 24.5 Å².